The van der Waals surface area contributed by atoms with E-state index in [0.717, 1.165) is 0 Å². The molecule has 13 heavy (non-hydrogen) atoms. The second kappa shape index (κ2) is 2.70. The van der Waals surface area contributed by atoms with Crippen LogP contribution < -0.4 is 5.32 Å². The van der Waals surface area contributed by atoms with Crippen LogP contribution in [0.15, 0.2) is 0 Å². The smallest absolute Gasteiger partial charge is 0.307 e. The summed E-state index contributed by atoms with van der Waals surface area (Å²) in [6.45, 7) is 1.29. The van der Waals surface area contributed by atoms with Gasteiger partial charge in [-0.2, -0.15) is 0 Å². The molecule has 0 aromatic rings. The fourth-order valence-corrected chi connectivity index (χ4v) is 2.57. The van der Waals surface area contributed by atoms with E-state index >= 15 is 0 Å². The first kappa shape index (κ1) is 8.50. The molecule has 4 atom stereocenters. The van der Waals surface area contributed by atoms with Crippen LogP contribution in [0.1, 0.15) is 0 Å². The van der Waals surface area contributed by atoms with Gasteiger partial charge in [0.05, 0.1) is 11.8 Å². The van der Waals surface area contributed by atoms with Gasteiger partial charge in [-0.1, -0.05) is 0 Å². The van der Waals surface area contributed by atoms with Crippen LogP contribution in [-0.4, -0.2) is 35.2 Å². The number of carboxylic acid groups (broad SMARTS) is 2. The molecule has 2 rings (SSSR count). The van der Waals surface area contributed by atoms with Crippen molar-refractivity contribution in [3.8, 4) is 0 Å². The maximum Gasteiger partial charge on any atom is 0.307 e. The second-order valence-electron chi connectivity index (χ2n) is 3.71. The van der Waals surface area contributed by atoms with Crippen LogP contribution >= 0.6 is 0 Å². The van der Waals surface area contributed by atoms with Crippen molar-refractivity contribution in [1.29, 1.82) is 0 Å². The predicted octanol–water partition coefficient (Wildman–Crippen LogP) is -0.763. The minimum atomic E-state index is -0.975. The molecule has 3 N–H and O–H groups in total. The monoisotopic (exact) mass is 185 g/mol. The largest absolute Gasteiger partial charge is 0.481 e. The van der Waals surface area contributed by atoms with E-state index in [0.29, 0.717) is 13.1 Å². The van der Waals surface area contributed by atoms with Crippen LogP contribution in [0.2, 0.25) is 0 Å². The van der Waals surface area contributed by atoms with Gasteiger partial charge >= 0.3 is 11.9 Å². The van der Waals surface area contributed by atoms with Crippen molar-refractivity contribution in [3.63, 3.8) is 0 Å². The molecule has 5 nitrogen and oxygen atoms in total. The molecule has 0 spiro atoms. The third-order valence-electron chi connectivity index (χ3n) is 3.19. The Balaban J connectivity index is 2.17. The Morgan fingerprint density at radius 3 is 1.69 bits per heavy atom. The van der Waals surface area contributed by atoms with Crippen molar-refractivity contribution in [2.75, 3.05) is 13.1 Å². The van der Waals surface area contributed by atoms with Crippen LogP contribution in [-0.2, 0) is 9.59 Å². The lowest BCUT2D eigenvalue weighted by molar-refractivity contribution is -0.170. The zero-order valence-electron chi connectivity index (χ0n) is 6.93. The molecule has 0 bridgehead atoms. The van der Waals surface area contributed by atoms with Crippen molar-refractivity contribution in [3.05, 3.63) is 0 Å². The number of fused-ring (bicyclic) bond motifs is 1. The SMILES string of the molecule is O=C(O)[C@@H]1[C@H]2CNC[C@H]2[C@@H]1C(=O)O. The number of nitrogens with one attached hydrogen (secondary N) is 1. The molecule has 0 radical (unpaired) electrons. The van der Waals surface area contributed by atoms with Crippen molar-refractivity contribution in [1.82, 2.24) is 5.32 Å². The summed E-state index contributed by atoms with van der Waals surface area (Å²) in [5.74, 6) is -3.26. The Labute approximate surface area is 74.7 Å². The summed E-state index contributed by atoms with van der Waals surface area (Å²) in [5.41, 5.74) is 0. The number of aliphatic carboxylic acids is 2. The van der Waals surface area contributed by atoms with Crippen LogP contribution in [0.4, 0.5) is 0 Å². The fourth-order valence-electron chi connectivity index (χ4n) is 2.57. The maximum atomic E-state index is 10.7. The van der Waals surface area contributed by atoms with Crippen molar-refractivity contribution in [2.45, 2.75) is 0 Å². The van der Waals surface area contributed by atoms with Crippen LogP contribution in [0, 0.1) is 23.7 Å². The molecular weight excluding hydrogens is 174 g/mol. The quantitative estimate of drug-likeness (QED) is 0.526. The highest BCUT2D eigenvalue weighted by molar-refractivity contribution is 5.83. The maximum absolute atomic E-state index is 10.7. The summed E-state index contributed by atoms with van der Waals surface area (Å²) in [6.07, 6.45) is 0. The summed E-state index contributed by atoms with van der Waals surface area (Å²) in [5, 5.41) is 20.6. The van der Waals surface area contributed by atoms with Crippen molar-refractivity contribution in [2.24, 2.45) is 23.7 Å². The van der Waals surface area contributed by atoms with E-state index in [1.807, 2.05) is 0 Å². The molecule has 72 valence electrons. The Kier molecular flexibility index (Phi) is 1.76. The van der Waals surface area contributed by atoms with Gasteiger partial charge in [0.2, 0.25) is 0 Å². The molecule has 1 aliphatic heterocycles. The lowest BCUT2D eigenvalue weighted by atomic mass is 9.58. The number of carboxylic acids is 2. The first-order valence-electron chi connectivity index (χ1n) is 4.29. The van der Waals surface area contributed by atoms with E-state index in [-0.39, 0.29) is 11.8 Å². The average molecular weight is 185 g/mol. The third-order valence-corrected chi connectivity index (χ3v) is 3.19. The fraction of sp³-hybridized carbons (Fsp3) is 0.750. The highest BCUT2D eigenvalue weighted by atomic mass is 16.4. The highest BCUT2D eigenvalue weighted by Crippen LogP contribution is 2.48. The molecule has 1 saturated carbocycles. The lowest BCUT2D eigenvalue weighted by Crippen LogP contribution is -2.53. The summed E-state index contributed by atoms with van der Waals surface area (Å²) < 4.78 is 0. The van der Waals surface area contributed by atoms with Crippen LogP contribution in [0.3, 0.4) is 0 Å². The number of rotatable bonds is 2. The van der Waals surface area contributed by atoms with Crippen LogP contribution in [0.5, 0.6) is 0 Å². The molecule has 5 heteroatoms. The summed E-state index contributed by atoms with van der Waals surface area (Å²) in [7, 11) is 0. The van der Waals surface area contributed by atoms with Gasteiger partial charge in [0, 0.05) is 0 Å². The van der Waals surface area contributed by atoms with Crippen LogP contribution in [0.25, 0.3) is 0 Å². The van der Waals surface area contributed by atoms with Gasteiger partial charge in [0.25, 0.3) is 0 Å². The lowest BCUT2D eigenvalue weighted by Gasteiger charge is -2.42. The van der Waals surface area contributed by atoms with E-state index in [9.17, 15) is 9.59 Å². The third kappa shape index (κ3) is 1.03. The molecule has 1 saturated heterocycles. The van der Waals surface area contributed by atoms with E-state index in [1.165, 1.54) is 0 Å². The second-order valence-corrected chi connectivity index (χ2v) is 3.71. The van der Waals surface area contributed by atoms with E-state index in [4.69, 9.17) is 10.2 Å². The topological polar surface area (TPSA) is 86.6 Å². The molecule has 2 fully saturated rings. The zero-order chi connectivity index (χ0) is 9.59. The molecule has 0 aromatic carbocycles. The number of carbonyl (C=O) groups is 2. The minimum absolute atomic E-state index is 0.0265. The van der Waals surface area contributed by atoms with Gasteiger partial charge in [0.15, 0.2) is 0 Å². The van der Waals surface area contributed by atoms with Gasteiger partial charge in [-0.05, 0) is 24.9 Å². The molecule has 0 aromatic heterocycles. The predicted molar refractivity (Wildman–Crippen MR) is 42.1 cm³/mol. The summed E-state index contributed by atoms with van der Waals surface area (Å²) in [4.78, 5) is 21.5. The molecule has 0 unspecified atom stereocenters. The minimum Gasteiger partial charge on any atom is -0.481 e. The Hall–Kier alpha value is -1.10. The average Bonchev–Trinajstić information content (AvgIpc) is 2.31. The molecule has 1 heterocycles. The van der Waals surface area contributed by atoms with Crippen molar-refractivity contribution >= 4 is 11.9 Å². The van der Waals surface area contributed by atoms with Gasteiger partial charge in [-0.15, -0.1) is 0 Å². The normalized spacial score (nSPS) is 42.2. The number of hydrogen-bond acceptors (Lipinski definition) is 3. The van der Waals surface area contributed by atoms with Gasteiger partial charge in [-0.3, -0.25) is 9.59 Å². The van der Waals surface area contributed by atoms with Gasteiger partial charge < -0.3 is 15.5 Å². The molecule has 0 amide bonds. The Bertz CT molecular complexity index is 239. The van der Waals surface area contributed by atoms with E-state index in [1.54, 1.807) is 0 Å². The molecular formula is C8H11NO4. The zero-order valence-corrected chi connectivity index (χ0v) is 6.93. The number of hydrogen-bond donors (Lipinski definition) is 3. The summed E-state index contributed by atoms with van der Waals surface area (Å²) >= 11 is 0. The first-order chi connectivity index (χ1) is 6.13. The van der Waals surface area contributed by atoms with Gasteiger partial charge in [-0.25, -0.2) is 0 Å². The molecule has 1 aliphatic carbocycles. The highest BCUT2D eigenvalue weighted by Gasteiger charge is 2.59. The van der Waals surface area contributed by atoms with Crippen molar-refractivity contribution < 1.29 is 19.8 Å². The molecule has 2 aliphatic rings. The Morgan fingerprint density at radius 2 is 1.38 bits per heavy atom. The Morgan fingerprint density at radius 1 is 1.00 bits per heavy atom. The van der Waals surface area contributed by atoms with E-state index < -0.39 is 23.8 Å². The van der Waals surface area contributed by atoms with Gasteiger partial charge in [0.1, 0.15) is 0 Å². The summed E-state index contributed by atoms with van der Waals surface area (Å²) in [6, 6.07) is 0. The first-order valence-corrected chi connectivity index (χ1v) is 4.29. The van der Waals surface area contributed by atoms with E-state index in [2.05, 4.69) is 5.32 Å². The standard InChI is InChI=1S/C8H11NO4/c10-7(11)5-3-1-9-2-4(3)6(5)8(12)13/h3-6,9H,1-2H2,(H,10,11)(H,12,13)/t3-,4+,5+,6-.